The normalized spacial score (nSPS) is 17.3. The molecular weight excluding hydrogens is 230 g/mol. The Morgan fingerprint density at radius 2 is 2.22 bits per heavy atom. The lowest BCUT2D eigenvalue weighted by Crippen LogP contribution is -2.36. The Kier molecular flexibility index (Phi) is 3.96. The van der Waals surface area contributed by atoms with E-state index in [2.05, 4.69) is 25.4 Å². The largest absolute Gasteiger partial charge is 0.346 e. The van der Waals surface area contributed by atoms with E-state index < -0.39 is 0 Å². The zero-order valence-electron chi connectivity index (χ0n) is 11.2. The fourth-order valence-corrected chi connectivity index (χ4v) is 2.31. The Bertz CT molecular complexity index is 428. The Balaban J connectivity index is 1.99. The van der Waals surface area contributed by atoms with Crippen LogP contribution in [0.25, 0.3) is 0 Å². The highest BCUT2D eigenvalue weighted by atomic mass is 16.1. The lowest BCUT2D eigenvalue weighted by Gasteiger charge is -2.17. The van der Waals surface area contributed by atoms with Gasteiger partial charge in [-0.3, -0.25) is 4.79 Å². The lowest BCUT2D eigenvalue weighted by molar-refractivity contribution is -0.125. The standard InChI is InChI=1S/C12H21N5O/c1-8(7-13-3)12(18)14-9(2)11-16-15-10-5-4-6-17(10)11/h8-9,13H,4-7H2,1-3H3,(H,14,18). The maximum absolute atomic E-state index is 11.9. The molecule has 0 saturated carbocycles. The van der Waals surface area contributed by atoms with E-state index >= 15 is 0 Å². The first-order chi connectivity index (χ1) is 8.63. The molecule has 1 amide bonds. The molecule has 0 aromatic carbocycles. The average molecular weight is 251 g/mol. The third-order valence-corrected chi connectivity index (χ3v) is 3.34. The van der Waals surface area contributed by atoms with Crippen LogP contribution in [0.3, 0.4) is 0 Å². The van der Waals surface area contributed by atoms with Gasteiger partial charge in [-0.25, -0.2) is 0 Å². The van der Waals surface area contributed by atoms with E-state index in [0.717, 1.165) is 31.0 Å². The molecule has 2 N–H and O–H groups in total. The van der Waals surface area contributed by atoms with Crippen LogP contribution < -0.4 is 10.6 Å². The average Bonchev–Trinajstić information content (AvgIpc) is 2.90. The molecular formula is C12H21N5O. The van der Waals surface area contributed by atoms with Crippen molar-refractivity contribution in [2.45, 2.75) is 39.3 Å². The number of aryl methyl sites for hydroxylation is 1. The number of nitrogens with zero attached hydrogens (tertiary/aromatic N) is 3. The van der Waals surface area contributed by atoms with Crippen LogP contribution in [0.2, 0.25) is 0 Å². The number of fused-ring (bicyclic) bond motifs is 1. The Morgan fingerprint density at radius 1 is 1.44 bits per heavy atom. The molecule has 0 saturated heterocycles. The number of hydrogen-bond donors (Lipinski definition) is 2. The van der Waals surface area contributed by atoms with Gasteiger partial charge in [0.05, 0.1) is 6.04 Å². The van der Waals surface area contributed by atoms with E-state index in [9.17, 15) is 4.79 Å². The summed E-state index contributed by atoms with van der Waals surface area (Å²) in [6.45, 7) is 5.51. The number of hydrogen-bond acceptors (Lipinski definition) is 4. The van der Waals surface area contributed by atoms with Crippen molar-refractivity contribution in [3.63, 3.8) is 0 Å². The molecule has 0 aliphatic carbocycles. The third-order valence-electron chi connectivity index (χ3n) is 3.34. The summed E-state index contributed by atoms with van der Waals surface area (Å²) in [4.78, 5) is 11.9. The van der Waals surface area contributed by atoms with Crippen LogP contribution in [-0.4, -0.2) is 34.3 Å². The maximum Gasteiger partial charge on any atom is 0.224 e. The van der Waals surface area contributed by atoms with Crippen molar-refractivity contribution in [3.8, 4) is 0 Å². The van der Waals surface area contributed by atoms with Gasteiger partial charge < -0.3 is 15.2 Å². The van der Waals surface area contributed by atoms with Crippen LogP contribution in [0.15, 0.2) is 0 Å². The fraction of sp³-hybridized carbons (Fsp3) is 0.750. The van der Waals surface area contributed by atoms with Crippen molar-refractivity contribution >= 4 is 5.91 Å². The predicted molar refractivity (Wildman–Crippen MR) is 68.0 cm³/mol. The molecule has 1 aromatic rings. The molecule has 0 spiro atoms. The topological polar surface area (TPSA) is 71.8 Å². The highest BCUT2D eigenvalue weighted by Crippen LogP contribution is 2.19. The van der Waals surface area contributed by atoms with Crippen molar-refractivity contribution in [1.29, 1.82) is 0 Å². The quantitative estimate of drug-likeness (QED) is 0.787. The zero-order chi connectivity index (χ0) is 13.1. The second-order valence-corrected chi connectivity index (χ2v) is 4.92. The van der Waals surface area contributed by atoms with Gasteiger partial charge in [0, 0.05) is 25.4 Å². The van der Waals surface area contributed by atoms with Crippen LogP contribution in [-0.2, 0) is 17.8 Å². The first-order valence-electron chi connectivity index (χ1n) is 6.50. The monoisotopic (exact) mass is 251 g/mol. The minimum atomic E-state index is -0.0869. The molecule has 100 valence electrons. The fourth-order valence-electron chi connectivity index (χ4n) is 2.31. The first-order valence-corrected chi connectivity index (χ1v) is 6.50. The smallest absolute Gasteiger partial charge is 0.224 e. The molecule has 0 fully saturated rings. The summed E-state index contributed by atoms with van der Waals surface area (Å²) < 4.78 is 2.12. The number of nitrogens with one attached hydrogen (secondary N) is 2. The van der Waals surface area contributed by atoms with E-state index in [-0.39, 0.29) is 17.9 Å². The minimum Gasteiger partial charge on any atom is -0.346 e. The second kappa shape index (κ2) is 5.48. The summed E-state index contributed by atoms with van der Waals surface area (Å²) in [6, 6.07) is -0.0869. The van der Waals surface area contributed by atoms with Crippen molar-refractivity contribution in [1.82, 2.24) is 25.4 Å². The minimum absolute atomic E-state index is 0.0431. The number of carbonyl (C=O) groups is 1. The van der Waals surface area contributed by atoms with E-state index in [1.165, 1.54) is 0 Å². The van der Waals surface area contributed by atoms with E-state index in [1.54, 1.807) is 0 Å². The van der Waals surface area contributed by atoms with E-state index in [0.29, 0.717) is 6.54 Å². The van der Waals surface area contributed by atoms with Crippen LogP contribution >= 0.6 is 0 Å². The van der Waals surface area contributed by atoms with Crippen molar-refractivity contribution < 1.29 is 4.79 Å². The van der Waals surface area contributed by atoms with Gasteiger partial charge in [-0.15, -0.1) is 10.2 Å². The van der Waals surface area contributed by atoms with Crippen molar-refractivity contribution in [2.24, 2.45) is 5.92 Å². The van der Waals surface area contributed by atoms with Gasteiger partial charge in [0.25, 0.3) is 0 Å². The van der Waals surface area contributed by atoms with Crippen molar-refractivity contribution in [2.75, 3.05) is 13.6 Å². The van der Waals surface area contributed by atoms with Crippen LogP contribution in [0, 0.1) is 5.92 Å². The third kappa shape index (κ3) is 2.53. The van der Waals surface area contributed by atoms with Gasteiger partial charge in [0.1, 0.15) is 5.82 Å². The molecule has 2 rings (SSSR count). The lowest BCUT2D eigenvalue weighted by atomic mass is 10.1. The van der Waals surface area contributed by atoms with Crippen molar-refractivity contribution in [3.05, 3.63) is 11.6 Å². The van der Waals surface area contributed by atoms with Crippen LogP contribution in [0.4, 0.5) is 0 Å². The van der Waals surface area contributed by atoms with Gasteiger partial charge in [-0.05, 0) is 20.4 Å². The molecule has 2 unspecified atom stereocenters. The highest BCUT2D eigenvalue weighted by molar-refractivity contribution is 5.78. The molecule has 6 heteroatoms. The highest BCUT2D eigenvalue weighted by Gasteiger charge is 2.23. The van der Waals surface area contributed by atoms with E-state index in [4.69, 9.17) is 0 Å². The Morgan fingerprint density at radius 3 is 2.94 bits per heavy atom. The molecule has 1 aliphatic rings. The maximum atomic E-state index is 11.9. The molecule has 0 radical (unpaired) electrons. The number of amides is 1. The Hall–Kier alpha value is -1.43. The number of rotatable bonds is 5. The summed E-state index contributed by atoms with van der Waals surface area (Å²) in [5, 5.41) is 14.3. The predicted octanol–water partition coefficient (Wildman–Crippen LogP) is 0.257. The zero-order valence-corrected chi connectivity index (χ0v) is 11.2. The van der Waals surface area contributed by atoms with Crippen LogP contribution in [0.1, 0.15) is 38.0 Å². The first kappa shape index (κ1) is 13.0. The van der Waals surface area contributed by atoms with E-state index in [1.807, 2.05) is 20.9 Å². The summed E-state index contributed by atoms with van der Waals surface area (Å²) in [6.07, 6.45) is 2.11. The van der Waals surface area contributed by atoms with Gasteiger partial charge in [0.2, 0.25) is 5.91 Å². The molecule has 6 nitrogen and oxygen atoms in total. The number of carbonyl (C=O) groups excluding carboxylic acids is 1. The molecule has 2 atom stereocenters. The molecule has 1 aliphatic heterocycles. The summed E-state index contributed by atoms with van der Waals surface area (Å²) in [7, 11) is 1.85. The number of aromatic nitrogens is 3. The summed E-state index contributed by atoms with van der Waals surface area (Å²) in [5.41, 5.74) is 0. The van der Waals surface area contributed by atoms with Gasteiger partial charge in [-0.1, -0.05) is 6.92 Å². The summed E-state index contributed by atoms with van der Waals surface area (Å²) in [5.74, 6) is 1.91. The van der Waals surface area contributed by atoms with Crippen LogP contribution in [0.5, 0.6) is 0 Å². The molecule has 1 aromatic heterocycles. The second-order valence-electron chi connectivity index (χ2n) is 4.92. The molecule has 0 bridgehead atoms. The van der Waals surface area contributed by atoms with Gasteiger partial charge in [0.15, 0.2) is 5.82 Å². The molecule has 18 heavy (non-hydrogen) atoms. The Labute approximate surface area is 107 Å². The summed E-state index contributed by atoms with van der Waals surface area (Å²) >= 11 is 0. The molecule has 2 heterocycles. The van der Waals surface area contributed by atoms with Gasteiger partial charge >= 0.3 is 0 Å². The SMILES string of the molecule is CNCC(C)C(=O)NC(C)c1nnc2n1CCC2. The van der Waals surface area contributed by atoms with Gasteiger partial charge in [-0.2, -0.15) is 0 Å².